The minimum absolute atomic E-state index is 0.00168. The second kappa shape index (κ2) is 10.4. The van der Waals surface area contributed by atoms with Crippen molar-refractivity contribution in [3.05, 3.63) is 23.5 Å². The number of aliphatic hydroxyl groups excluding tert-OH is 1. The van der Waals surface area contributed by atoms with Crippen LogP contribution < -0.4 is 10.2 Å². The van der Waals surface area contributed by atoms with Gasteiger partial charge in [-0.15, -0.1) is 0 Å². The molecule has 3 saturated carbocycles. The van der Waals surface area contributed by atoms with Crippen LogP contribution in [0.5, 0.6) is 5.75 Å². The van der Waals surface area contributed by atoms with Crippen molar-refractivity contribution in [3.63, 3.8) is 0 Å². The fourth-order valence-electron chi connectivity index (χ4n) is 8.30. The van der Waals surface area contributed by atoms with E-state index in [9.17, 15) is 24.1 Å². The standard InChI is InChI=1S/C29H39BFNO8/c1-16-8-10-29-11-9-19(33)25(29)28(16,4)21(12-27(3,15-32-37-5)26(35)17(29)2)40-22(34)14-38-20-7-6-18-13-39-30(36)23(18)24(20)31/h6-7,15-17,21,25-26,35-36H,8-14H2,1-5H3/b32-15-/t16-,17+,21-,25+,26+,27+,28+,29+/m1/s1. The van der Waals surface area contributed by atoms with E-state index in [1.165, 1.54) is 13.2 Å². The Morgan fingerprint density at radius 3 is 2.77 bits per heavy atom. The predicted octanol–water partition coefficient (Wildman–Crippen LogP) is 2.77. The number of carbonyl (C=O) groups excluding carboxylic acids is 2. The van der Waals surface area contributed by atoms with Gasteiger partial charge in [0.2, 0.25) is 0 Å². The van der Waals surface area contributed by atoms with Gasteiger partial charge >= 0.3 is 13.1 Å². The lowest BCUT2D eigenvalue weighted by atomic mass is 9.44. The molecule has 3 aliphatic carbocycles. The first-order chi connectivity index (χ1) is 18.9. The topological polar surface area (TPSA) is 124 Å². The van der Waals surface area contributed by atoms with Gasteiger partial charge in [-0.05, 0) is 54.6 Å². The largest absolute Gasteiger partial charge is 0.494 e. The predicted molar refractivity (Wildman–Crippen MR) is 144 cm³/mol. The molecule has 1 aromatic rings. The van der Waals surface area contributed by atoms with Gasteiger partial charge in [0, 0.05) is 28.6 Å². The minimum atomic E-state index is -1.39. The first kappa shape index (κ1) is 29.0. The van der Waals surface area contributed by atoms with Crippen LogP contribution in [0.1, 0.15) is 65.4 Å². The van der Waals surface area contributed by atoms with E-state index in [-0.39, 0.29) is 47.8 Å². The van der Waals surface area contributed by atoms with E-state index in [1.807, 2.05) is 20.8 Å². The summed E-state index contributed by atoms with van der Waals surface area (Å²) in [5.41, 5.74) is -1.51. The van der Waals surface area contributed by atoms with Crippen molar-refractivity contribution in [1.29, 1.82) is 0 Å². The van der Waals surface area contributed by atoms with Crippen LogP contribution in [0.3, 0.4) is 0 Å². The summed E-state index contributed by atoms with van der Waals surface area (Å²) in [6.45, 7) is 7.56. The van der Waals surface area contributed by atoms with Gasteiger partial charge in [0.1, 0.15) is 19.0 Å². The maximum Gasteiger partial charge on any atom is 0.494 e. The van der Waals surface area contributed by atoms with Gasteiger partial charge in [-0.25, -0.2) is 9.18 Å². The molecule has 0 aromatic heterocycles. The summed E-state index contributed by atoms with van der Waals surface area (Å²) in [7, 11) is 0.0386. The van der Waals surface area contributed by atoms with Crippen molar-refractivity contribution in [3.8, 4) is 5.75 Å². The maximum absolute atomic E-state index is 15.0. The first-order valence-electron chi connectivity index (χ1n) is 14.1. The molecule has 0 saturated heterocycles. The smallest absolute Gasteiger partial charge is 0.479 e. The SMILES string of the molecule is CO/N=C\[C@]1(C)C[C@@H](OC(=O)COc2ccc3c(c2F)B(O)OC3)[C@]2(C)[C@H](C)CC[C@]3(CCC(=O)[C@H]32)[C@@H](C)[C@@H]1O. The molecule has 4 aliphatic rings. The Balaban J connectivity index is 1.46. The lowest BCUT2D eigenvalue weighted by Crippen LogP contribution is -2.63. The zero-order chi connectivity index (χ0) is 29.0. The Kier molecular flexibility index (Phi) is 7.55. The van der Waals surface area contributed by atoms with Crippen LogP contribution in [-0.2, 0) is 30.4 Å². The molecule has 5 rings (SSSR count). The van der Waals surface area contributed by atoms with Crippen LogP contribution in [0.25, 0.3) is 0 Å². The Morgan fingerprint density at radius 1 is 1.30 bits per heavy atom. The highest BCUT2D eigenvalue weighted by atomic mass is 19.1. The molecule has 1 aliphatic heterocycles. The second-order valence-electron chi connectivity index (χ2n) is 12.7. The van der Waals surface area contributed by atoms with Crippen molar-refractivity contribution in [2.75, 3.05) is 13.7 Å². The monoisotopic (exact) mass is 559 g/mol. The van der Waals surface area contributed by atoms with Crippen LogP contribution in [0.2, 0.25) is 0 Å². The molecular weight excluding hydrogens is 520 g/mol. The Morgan fingerprint density at radius 2 is 2.05 bits per heavy atom. The number of Topliss-reactive ketones (excluding diaryl/α,β-unsaturated/α-hetero) is 1. The van der Waals surface area contributed by atoms with Crippen LogP contribution >= 0.6 is 0 Å². The Labute approximate surface area is 234 Å². The van der Waals surface area contributed by atoms with Crippen LogP contribution in [-0.4, -0.2) is 61.1 Å². The summed E-state index contributed by atoms with van der Waals surface area (Å²) in [6, 6.07) is 2.98. The zero-order valence-corrected chi connectivity index (χ0v) is 23.8. The molecule has 9 nitrogen and oxygen atoms in total. The number of ether oxygens (including phenoxy) is 2. The molecule has 8 atom stereocenters. The minimum Gasteiger partial charge on any atom is -0.479 e. The number of ketones is 1. The van der Waals surface area contributed by atoms with Crippen molar-refractivity contribution < 1.29 is 43.1 Å². The average molecular weight is 559 g/mol. The molecule has 0 amide bonds. The summed E-state index contributed by atoms with van der Waals surface area (Å²) in [4.78, 5) is 31.8. The number of hydrogen-bond acceptors (Lipinski definition) is 9. The highest BCUT2D eigenvalue weighted by Crippen LogP contribution is 2.67. The number of hydrogen-bond donors (Lipinski definition) is 2. The molecular formula is C29H39BFNO8. The van der Waals surface area contributed by atoms with E-state index >= 15 is 0 Å². The quantitative estimate of drug-likeness (QED) is 0.236. The fraction of sp³-hybridized carbons (Fsp3) is 0.690. The molecule has 218 valence electrons. The van der Waals surface area contributed by atoms with Gasteiger partial charge in [-0.1, -0.05) is 38.9 Å². The lowest BCUT2D eigenvalue weighted by Gasteiger charge is -2.61. The molecule has 0 spiro atoms. The molecule has 11 heteroatoms. The number of fused-ring (bicyclic) bond motifs is 1. The Bertz CT molecular complexity index is 1210. The number of carbonyl (C=O) groups is 2. The van der Waals surface area contributed by atoms with Gasteiger partial charge in [0.15, 0.2) is 18.2 Å². The lowest BCUT2D eigenvalue weighted by molar-refractivity contribution is -0.205. The molecule has 40 heavy (non-hydrogen) atoms. The summed E-state index contributed by atoms with van der Waals surface area (Å²) in [5.74, 6) is -2.03. The third-order valence-electron chi connectivity index (χ3n) is 10.8. The van der Waals surface area contributed by atoms with Gasteiger partial charge in [-0.2, -0.15) is 0 Å². The Hall–Kier alpha value is -2.50. The van der Waals surface area contributed by atoms with Crippen molar-refractivity contribution in [2.24, 2.45) is 39.2 Å². The second-order valence-corrected chi connectivity index (χ2v) is 12.7. The highest BCUT2D eigenvalue weighted by molar-refractivity contribution is 6.61. The van der Waals surface area contributed by atoms with Crippen molar-refractivity contribution >= 4 is 30.5 Å². The average Bonchev–Trinajstić information content (AvgIpc) is 3.48. The van der Waals surface area contributed by atoms with Gasteiger partial charge in [-0.3, -0.25) is 4.79 Å². The molecule has 3 fully saturated rings. The van der Waals surface area contributed by atoms with E-state index in [2.05, 4.69) is 12.1 Å². The van der Waals surface area contributed by atoms with E-state index < -0.39 is 54.0 Å². The molecule has 1 heterocycles. The normalized spacial score (nSPS) is 39.0. The molecule has 2 N–H and O–H groups in total. The van der Waals surface area contributed by atoms with E-state index in [4.69, 9.17) is 19.0 Å². The van der Waals surface area contributed by atoms with Crippen LogP contribution in [0.4, 0.5) is 4.39 Å². The third kappa shape index (κ3) is 4.36. The van der Waals surface area contributed by atoms with Crippen LogP contribution in [0.15, 0.2) is 17.3 Å². The maximum atomic E-state index is 15.0. The van der Waals surface area contributed by atoms with E-state index in [0.29, 0.717) is 18.4 Å². The summed E-state index contributed by atoms with van der Waals surface area (Å²) < 4.78 is 31.7. The number of benzene rings is 1. The molecule has 2 bridgehead atoms. The zero-order valence-electron chi connectivity index (χ0n) is 23.8. The number of nitrogens with zero attached hydrogens (tertiary/aromatic N) is 1. The number of halogens is 1. The molecule has 0 radical (unpaired) electrons. The third-order valence-corrected chi connectivity index (χ3v) is 10.8. The van der Waals surface area contributed by atoms with E-state index in [1.54, 1.807) is 12.3 Å². The molecule has 1 aromatic carbocycles. The number of aliphatic hydroxyl groups is 1. The summed E-state index contributed by atoms with van der Waals surface area (Å²) in [6.07, 6.45) is 2.97. The number of esters is 1. The van der Waals surface area contributed by atoms with Gasteiger partial charge in [0.25, 0.3) is 0 Å². The first-order valence-corrected chi connectivity index (χ1v) is 14.1. The van der Waals surface area contributed by atoms with Crippen molar-refractivity contribution in [2.45, 2.75) is 78.6 Å². The number of rotatable bonds is 6. The number of oxime groups is 1. The van der Waals surface area contributed by atoms with Gasteiger partial charge < -0.3 is 29.1 Å². The van der Waals surface area contributed by atoms with Gasteiger partial charge in [0.05, 0.1) is 18.9 Å². The van der Waals surface area contributed by atoms with Crippen molar-refractivity contribution in [1.82, 2.24) is 0 Å². The van der Waals surface area contributed by atoms with Crippen LogP contribution in [0, 0.1) is 39.8 Å². The highest BCUT2D eigenvalue weighted by Gasteiger charge is 2.68. The fourth-order valence-corrected chi connectivity index (χ4v) is 8.30. The summed E-state index contributed by atoms with van der Waals surface area (Å²) >= 11 is 0. The summed E-state index contributed by atoms with van der Waals surface area (Å²) in [5, 5.41) is 25.7. The molecule has 0 unspecified atom stereocenters. The van der Waals surface area contributed by atoms with E-state index in [0.717, 1.165) is 12.8 Å².